The number of ether oxygens (including phenoxy) is 2. The first-order chi connectivity index (χ1) is 11.6. The summed E-state index contributed by atoms with van der Waals surface area (Å²) in [7, 11) is 0. The van der Waals surface area contributed by atoms with Crippen LogP contribution in [0.2, 0.25) is 0 Å². The first kappa shape index (κ1) is 16.5. The number of nitrogens with zero attached hydrogens (tertiary/aromatic N) is 2. The average Bonchev–Trinajstić information content (AvgIpc) is 2.56. The number of hydrogen-bond acceptors (Lipinski definition) is 6. The highest BCUT2D eigenvalue weighted by molar-refractivity contribution is 5.94. The molecule has 0 spiro atoms. The van der Waals surface area contributed by atoms with Gasteiger partial charge in [0.1, 0.15) is 13.2 Å². The summed E-state index contributed by atoms with van der Waals surface area (Å²) in [6.45, 7) is 5.48. The molecule has 130 valence electrons. The molecule has 1 fully saturated rings. The SMILES string of the molecule is NC(=O)NC(=O)CN1CCN(Cc2ccc3c(c2)OCCO3)CC1. The minimum absolute atomic E-state index is 0.195. The van der Waals surface area contributed by atoms with Gasteiger partial charge in [0.25, 0.3) is 0 Å². The van der Waals surface area contributed by atoms with E-state index < -0.39 is 6.03 Å². The Balaban J connectivity index is 1.47. The number of carbonyl (C=O) groups is 2. The molecule has 3 rings (SSSR count). The summed E-state index contributed by atoms with van der Waals surface area (Å²) in [6.07, 6.45) is 0. The molecule has 0 aromatic heterocycles. The fourth-order valence-electron chi connectivity index (χ4n) is 2.93. The summed E-state index contributed by atoms with van der Waals surface area (Å²) in [5, 5.41) is 2.09. The van der Waals surface area contributed by atoms with E-state index in [1.165, 1.54) is 5.56 Å². The van der Waals surface area contributed by atoms with Crippen molar-refractivity contribution in [2.45, 2.75) is 6.54 Å². The van der Waals surface area contributed by atoms with E-state index in [4.69, 9.17) is 15.2 Å². The van der Waals surface area contributed by atoms with Gasteiger partial charge in [0, 0.05) is 32.7 Å². The molecule has 3 N–H and O–H groups in total. The third kappa shape index (κ3) is 4.36. The molecule has 2 heterocycles. The Labute approximate surface area is 140 Å². The molecule has 2 aliphatic rings. The average molecular weight is 334 g/mol. The Kier molecular flexibility index (Phi) is 5.17. The van der Waals surface area contributed by atoms with Crippen LogP contribution in [0, 0.1) is 0 Å². The Morgan fingerprint density at radius 3 is 2.42 bits per heavy atom. The lowest BCUT2D eigenvalue weighted by Gasteiger charge is -2.34. The number of hydrogen-bond donors (Lipinski definition) is 2. The molecule has 0 bridgehead atoms. The second-order valence-electron chi connectivity index (χ2n) is 5.94. The fraction of sp³-hybridized carbons (Fsp3) is 0.500. The van der Waals surface area contributed by atoms with E-state index >= 15 is 0 Å². The summed E-state index contributed by atoms with van der Waals surface area (Å²) in [4.78, 5) is 26.5. The van der Waals surface area contributed by atoms with Crippen LogP contribution < -0.4 is 20.5 Å². The zero-order valence-electron chi connectivity index (χ0n) is 13.5. The summed E-state index contributed by atoms with van der Waals surface area (Å²) in [6, 6.07) is 5.23. The maximum Gasteiger partial charge on any atom is 0.318 e. The number of primary amides is 1. The van der Waals surface area contributed by atoms with Crippen molar-refractivity contribution in [2.24, 2.45) is 5.73 Å². The molecule has 8 heteroatoms. The zero-order chi connectivity index (χ0) is 16.9. The van der Waals surface area contributed by atoms with Crippen molar-refractivity contribution in [1.82, 2.24) is 15.1 Å². The Hall–Kier alpha value is -2.32. The maximum atomic E-state index is 11.5. The second kappa shape index (κ2) is 7.50. The second-order valence-corrected chi connectivity index (χ2v) is 5.94. The third-order valence-electron chi connectivity index (χ3n) is 4.11. The van der Waals surface area contributed by atoms with Crippen LogP contribution in [0.15, 0.2) is 18.2 Å². The molecule has 8 nitrogen and oxygen atoms in total. The highest BCUT2D eigenvalue weighted by atomic mass is 16.6. The van der Waals surface area contributed by atoms with E-state index in [1.807, 2.05) is 17.0 Å². The Bertz CT molecular complexity index is 614. The number of urea groups is 1. The molecule has 1 aromatic carbocycles. The number of rotatable bonds is 4. The number of benzene rings is 1. The summed E-state index contributed by atoms with van der Waals surface area (Å²) >= 11 is 0. The van der Waals surface area contributed by atoms with Crippen LogP contribution in [0.25, 0.3) is 0 Å². The quantitative estimate of drug-likeness (QED) is 0.789. The topological polar surface area (TPSA) is 97.1 Å². The van der Waals surface area contributed by atoms with Crippen LogP contribution >= 0.6 is 0 Å². The number of fused-ring (bicyclic) bond motifs is 1. The summed E-state index contributed by atoms with van der Waals surface area (Å²) in [5.41, 5.74) is 6.12. The van der Waals surface area contributed by atoms with Crippen molar-refractivity contribution >= 4 is 11.9 Å². The number of amides is 3. The van der Waals surface area contributed by atoms with Gasteiger partial charge >= 0.3 is 6.03 Å². The van der Waals surface area contributed by atoms with Gasteiger partial charge in [-0.3, -0.25) is 19.9 Å². The predicted octanol–water partition coefficient (Wildman–Crippen LogP) is -0.230. The minimum Gasteiger partial charge on any atom is -0.486 e. The molecule has 0 aliphatic carbocycles. The van der Waals surface area contributed by atoms with Crippen LogP contribution in [-0.2, 0) is 11.3 Å². The molecule has 0 atom stereocenters. The molecular weight excluding hydrogens is 312 g/mol. The lowest BCUT2D eigenvalue weighted by Crippen LogP contribution is -2.50. The van der Waals surface area contributed by atoms with Gasteiger partial charge in [0.2, 0.25) is 5.91 Å². The van der Waals surface area contributed by atoms with Gasteiger partial charge in [-0.05, 0) is 17.7 Å². The van der Waals surface area contributed by atoms with Gasteiger partial charge in [-0.15, -0.1) is 0 Å². The van der Waals surface area contributed by atoms with E-state index in [1.54, 1.807) is 0 Å². The number of piperazine rings is 1. The smallest absolute Gasteiger partial charge is 0.318 e. The molecular formula is C16H22N4O4. The van der Waals surface area contributed by atoms with Gasteiger partial charge in [-0.25, -0.2) is 4.79 Å². The summed E-state index contributed by atoms with van der Waals surface area (Å²) in [5.74, 6) is 1.25. The first-order valence-electron chi connectivity index (χ1n) is 8.03. The van der Waals surface area contributed by atoms with Gasteiger partial charge < -0.3 is 15.2 Å². The molecule has 1 aromatic rings. The monoisotopic (exact) mass is 334 g/mol. The predicted molar refractivity (Wildman–Crippen MR) is 86.9 cm³/mol. The van der Waals surface area contributed by atoms with Gasteiger partial charge in [-0.1, -0.05) is 6.07 Å². The van der Waals surface area contributed by atoms with Crippen molar-refractivity contribution < 1.29 is 19.1 Å². The van der Waals surface area contributed by atoms with Crippen molar-refractivity contribution in [3.63, 3.8) is 0 Å². The lowest BCUT2D eigenvalue weighted by molar-refractivity contribution is -0.121. The molecule has 24 heavy (non-hydrogen) atoms. The molecule has 3 amide bonds. The van der Waals surface area contributed by atoms with Gasteiger partial charge in [-0.2, -0.15) is 0 Å². The van der Waals surface area contributed by atoms with Crippen LogP contribution in [0.1, 0.15) is 5.56 Å². The molecule has 1 saturated heterocycles. The summed E-state index contributed by atoms with van der Waals surface area (Å²) < 4.78 is 11.1. The molecule has 0 radical (unpaired) electrons. The normalized spacial score (nSPS) is 18.2. The van der Waals surface area contributed by atoms with E-state index in [0.717, 1.165) is 44.2 Å². The van der Waals surface area contributed by atoms with E-state index in [2.05, 4.69) is 16.3 Å². The van der Waals surface area contributed by atoms with Crippen molar-refractivity contribution in [1.29, 1.82) is 0 Å². The van der Waals surface area contributed by atoms with Crippen molar-refractivity contribution in [3.05, 3.63) is 23.8 Å². The molecule has 2 aliphatic heterocycles. The number of nitrogens with one attached hydrogen (secondary N) is 1. The van der Waals surface area contributed by atoms with E-state index in [9.17, 15) is 9.59 Å². The number of nitrogens with two attached hydrogens (primary N) is 1. The highest BCUT2D eigenvalue weighted by Gasteiger charge is 2.20. The Morgan fingerprint density at radius 1 is 1.04 bits per heavy atom. The van der Waals surface area contributed by atoms with Gasteiger partial charge in [0.15, 0.2) is 11.5 Å². The highest BCUT2D eigenvalue weighted by Crippen LogP contribution is 2.31. The zero-order valence-corrected chi connectivity index (χ0v) is 13.5. The Morgan fingerprint density at radius 2 is 1.71 bits per heavy atom. The van der Waals surface area contributed by atoms with Gasteiger partial charge in [0.05, 0.1) is 6.54 Å². The maximum absolute atomic E-state index is 11.5. The third-order valence-corrected chi connectivity index (χ3v) is 4.11. The largest absolute Gasteiger partial charge is 0.486 e. The standard InChI is InChI=1S/C16H22N4O4/c17-16(22)18-15(21)11-20-5-3-19(4-6-20)10-12-1-2-13-14(9-12)24-8-7-23-13/h1-2,9H,3-8,10-11H2,(H3,17,18,21,22). The molecule has 0 unspecified atom stereocenters. The van der Waals surface area contributed by atoms with Crippen LogP contribution in [0.3, 0.4) is 0 Å². The number of imide groups is 1. The van der Waals surface area contributed by atoms with Crippen molar-refractivity contribution in [3.8, 4) is 11.5 Å². The van der Waals surface area contributed by atoms with E-state index in [0.29, 0.717) is 13.2 Å². The van der Waals surface area contributed by atoms with Crippen LogP contribution in [0.5, 0.6) is 11.5 Å². The minimum atomic E-state index is -0.808. The lowest BCUT2D eigenvalue weighted by atomic mass is 10.1. The molecule has 0 saturated carbocycles. The van der Waals surface area contributed by atoms with Crippen LogP contribution in [0.4, 0.5) is 4.79 Å². The number of carbonyl (C=O) groups excluding carboxylic acids is 2. The fourth-order valence-corrected chi connectivity index (χ4v) is 2.93. The van der Waals surface area contributed by atoms with Crippen molar-refractivity contribution in [2.75, 3.05) is 45.9 Å². The van der Waals surface area contributed by atoms with Crippen LogP contribution in [-0.4, -0.2) is 67.7 Å². The van der Waals surface area contributed by atoms with E-state index in [-0.39, 0.29) is 12.5 Å². The first-order valence-corrected chi connectivity index (χ1v) is 8.03.